The summed E-state index contributed by atoms with van der Waals surface area (Å²) in [5, 5.41) is 13.7. The minimum absolute atomic E-state index is 0.188. The highest BCUT2D eigenvalue weighted by molar-refractivity contribution is 6.31. The lowest BCUT2D eigenvalue weighted by Gasteiger charge is -2.11. The van der Waals surface area contributed by atoms with E-state index in [-0.39, 0.29) is 6.10 Å². The molecule has 15 heavy (non-hydrogen) atoms. The van der Waals surface area contributed by atoms with Crippen molar-refractivity contribution < 1.29 is 5.11 Å². The van der Waals surface area contributed by atoms with Crippen LogP contribution in [0.3, 0.4) is 0 Å². The predicted molar refractivity (Wildman–Crippen MR) is 61.9 cm³/mol. The summed E-state index contributed by atoms with van der Waals surface area (Å²) in [5.41, 5.74) is 1.09. The average molecular weight is 226 g/mol. The summed E-state index contributed by atoms with van der Waals surface area (Å²) in [6.45, 7) is 1.39. The van der Waals surface area contributed by atoms with Crippen molar-refractivity contribution in [2.24, 2.45) is 5.92 Å². The number of aliphatic hydroxyl groups is 1. The van der Waals surface area contributed by atoms with Gasteiger partial charge in [0.2, 0.25) is 0 Å². The molecule has 1 aromatic rings. The monoisotopic (exact) mass is 225 g/mol. The first-order chi connectivity index (χ1) is 7.27. The van der Waals surface area contributed by atoms with Gasteiger partial charge >= 0.3 is 0 Å². The topological polar surface area (TPSA) is 32.3 Å². The predicted octanol–water partition coefficient (Wildman–Crippen LogP) is 2.20. The van der Waals surface area contributed by atoms with Gasteiger partial charge in [0.15, 0.2) is 0 Å². The van der Waals surface area contributed by atoms with E-state index in [2.05, 4.69) is 5.32 Å². The van der Waals surface area contributed by atoms with Crippen LogP contribution in [0.25, 0.3) is 0 Å². The van der Waals surface area contributed by atoms with Gasteiger partial charge in [0.05, 0.1) is 6.10 Å². The first-order valence-electron chi connectivity index (χ1n) is 5.39. The Kier molecular flexibility index (Phi) is 3.62. The summed E-state index contributed by atoms with van der Waals surface area (Å²) >= 11 is 6.01. The minimum atomic E-state index is -0.188. The fraction of sp³-hybridized carbons (Fsp3) is 0.500. The smallest absolute Gasteiger partial charge is 0.0692 e. The zero-order chi connectivity index (χ0) is 10.7. The van der Waals surface area contributed by atoms with Gasteiger partial charge in [0.1, 0.15) is 0 Å². The van der Waals surface area contributed by atoms with Crippen LogP contribution in [-0.2, 0) is 6.54 Å². The molecule has 0 aliphatic heterocycles. The van der Waals surface area contributed by atoms with E-state index in [4.69, 9.17) is 11.6 Å². The van der Waals surface area contributed by atoms with E-state index >= 15 is 0 Å². The fourth-order valence-electron chi connectivity index (χ4n) is 1.64. The molecular weight excluding hydrogens is 210 g/mol. The van der Waals surface area contributed by atoms with Crippen LogP contribution in [0.15, 0.2) is 24.3 Å². The van der Waals surface area contributed by atoms with Crippen LogP contribution in [0.5, 0.6) is 0 Å². The van der Waals surface area contributed by atoms with Gasteiger partial charge in [0, 0.05) is 18.1 Å². The molecule has 2 N–H and O–H groups in total. The summed E-state index contributed by atoms with van der Waals surface area (Å²) < 4.78 is 0. The molecule has 3 heteroatoms. The van der Waals surface area contributed by atoms with Crippen LogP contribution in [-0.4, -0.2) is 17.8 Å². The molecule has 1 fully saturated rings. The van der Waals surface area contributed by atoms with Gasteiger partial charge in [-0.3, -0.25) is 0 Å². The molecule has 0 bridgehead atoms. The highest BCUT2D eigenvalue weighted by Crippen LogP contribution is 2.32. The summed E-state index contributed by atoms with van der Waals surface area (Å²) in [5.74, 6) is 0.531. The number of hydrogen-bond acceptors (Lipinski definition) is 2. The molecule has 0 aromatic heterocycles. The lowest BCUT2D eigenvalue weighted by Crippen LogP contribution is -2.27. The van der Waals surface area contributed by atoms with Crippen LogP contribution in [0.4, 0.5) is 0 Å². The van der Waals surface area contributed by atoms with E-state index in [0.717, 1.165) is 17.1 Å². The van der Waals surface area contributed by atoms with Crippen LogP contribution >= 0.6 is 11.6 Å². The van der Waals surface area contributed by atoms with E-state index in [1.165, 1.54) is 12.8 Å². The molecule has 0 saturated heterocycles. The Morgan fingerprint density at radius 3 is 2.80 bits per heavy atom. The van der Waals surface area contributed by atoms with Crippen molar-refractivity contribution in [1.82, 2.24) is 5.32 Å². The molecule has 1 unspecified atom stereocenters. The van der Waals surface area contributed by atoms with Crippen LogP contribution in [0.1, 0.15) is 18.4 Å². The van der Waals surface area contributed by atoms with Gasteiger partial charge in [0.25, 0.3) is 0 Å². The quantitative estimate of drug-likeness (QED) is 0.806. The molecule has 0 spiro atoms. The molecule has 82 valence electrons. The first kappa shape index (κ1) is 10.9. The SMILES string of the molecule is OC(CNCc1ccccc1Cl)C1CC1. The molecule has 0 radical (unpaired) electrons. The third-order valence-corrected chi connectivity index (χ3v) is 3.16. The van der Waals surface area contributed by atoms with Crippen molar-refractivity contribution in [3.05, 3.63) is 34.9 Å². The van der Waals surface area contributed by atoms with Crippen molar-refractivity contribution in [2.45, 2.75) is 25.5 Å². The Bertz CT molecular complexity index is 325. The molecule has 2 nitrogen and oxygen atoms in total. The van der Waals surface area contributed by atoms with Gasteiger partial charge in [-0.05, 0) is 30.4 Å². The number of rotatable bonds is 5. The van der Waals surface area contributed by atoms with E-state index in [9.17, 15) is 5.11 Å². The Morgan fingerprint density at radius 2 is 2.13 bits per heavy atom. The number of hydrogen-bond donors (Lipinski definition) is 2. The highest BCUT2D eigenvalue weighted by atomic mass is 35.5. The second kappa shape index (κ2) is 4.97. The van der Waals surface area contributed by atoms with Gasteiger partial charge in [-0.25, -0.2) is 0 Å². The maximum absolute atomic E-state index is 9.64. The van der Waals surface area contributed by atoms with E-state index in [1.54, 1.807) is 0 Å². The van der Waals surface area contributed by atoms with Crippen LogP contribution in [0.2, 0.25) is 5.02 Å². The van der Waals surface area contributed by atoms with E-state index < -0.39 is 0 Å². The number of aliphatic hydroxyl groups excluding tert-OH is 1. The molecule has 1 aliphatic carbocycles. The summed E-state index contributed by atoms with van der Waals surface area (Å²) in [7, 11) is 0. The number of nitrogens with one attached hydrogen (secondary N) is 1. The second-order valence-corrected chi connectivity index (χ2v) is 4.53. The second-order valence-electron chi connectivity index (χ2n) is 4.13. The summed E-state index contributed by atoms with van der Waals surface area (Å²) in [6, 6.07) is 7.78. The maximum atomic E-state index is 9.64. The van der Waals surface area contributed by atoms with Gasteiger partial charge in [-0.2, -0.15) is 0 Å². The molecule has 1 saturated carbocycles. The lowest BCUT2D eigenvalue weighted by atomic mass is 10.2. The first-order valence-corrected chi connectivity index (χ1v) is 5.77. The number of benzene rings is 1. The molecule has 1 aliphatic rings. The van der Waals surface area contributed by atoms with E-state index in [1.807, 2.05) is 24.3 Å². The Balaban J connectivity index is 1.75. The standard InChI is InChI=1S/C12H16ClNO/c13-11-4-2-1-3-10(11)7-14-8-12(15)9-5-6-9/h1-4,9,12,14-15H,5-8H2. The van der Waals surface area contributed by atoms with E-state index in [0.29, 0.717) is 12.5 Å². The number of halogens is 1. The fourth-order valence-corrected chi connectivity index (χ4v) is 1.85. The Morgan fingerprint density at radius 1 is 1.40 bits per heavy atom. The average Bonchev–Trinajstić information content (AvgIpc) is 3.04. The van der Waals surface area contributed by atoms with Crippen molar-refractivity contribution in [3.8, 4) is 0 Å². The van der Waals surface area contributed by atoms with Crippen LogP contribution in [0, 0.1) is 5.92 Å². The zero-order valence-corrected chi connectivity index (χ0v) is 9.37. The third kappa shape index (κ3) is 3.20. The van der Waals surface area contributed by atoms with Gasteiger partial charge in [-0.15, -0.1) is 0 Å². The van der Waals surface area contributed by atoms with Crippen LogP contribution < -0.4 is 5.32 Å². The Labute approximate surface area is 95.3 Å². The molecular formula is C12H16ClNO. The highest BCUT2D eigenvalue weighted by Gasteiger charge is 2.28. The van der Waals surface area contributed by atoms with Gasteiger partial charge in [-0.1, -0.05) is 29.8 Å². The lowest BCUT2D eigenvalue weighted by molar-refractivity contribution is 0.148. The Hall–Kier alpha value is -0.570. The normalized spacial score (nSPS) is 17.7. The minimum Gasteiger partial charge on any atom is -0.392 e. The van der Waals surface area contributed by atoms with Crippen molar-refractivity contribution in [2.75, 3.05) is 6.54 Å². The van der Waals surface area contributed by atoms with Gasteiger partial charge < -0.3 is 10.4 Å². The molecule has 1 atom stereocenters. The van der Waals surface area contributed by atoms with Crippen molar-refractivity contribution in [1.29, 1.82) is 0 Å². The molecule has 1 aromatic carbocycles. The van der Waals surface area contributed by atoms with Crippen molar-refractivity contribution >= 4 is 11.6 Å². The van der Waals surface area contributed by atoms with Crippen molar-refractivity contribution in [3.63, 3.8) is 0 Å². The molecule has 0 amide bonds. The molecule has 2 rings (SSSR count). The third-order valence-electron chi connectivity index (χ3n) is 2.79. The largest absolute Gasteiger partial charge is 0.392 e. The summed E-state index contributed by atoms with van der Waals surface area (Å²) in [4.78, 5) is 0. The summed E-state index contributed by atoms with van der Waals surface area (Å²) in [6.07, 6.45) is 2.16. The zero-order valence-electron chi connectivity index (χ0n) is 8.62. The maximum Gasteiger partial charge on any atom is 0.0692 e. The molecule has 0 heterocycles.